The summed E-state index contributed by atoms with van der Waals surface area (Å²) < 4.78 is 60.7. The highest BCUT2D eigenvalue weighted by Gasteiger charge is 2.47. The number of aliphatic hydroxyl groups excluding tert-OH is 3. The maximum absolute atomic E-state index is 12.6. The van der Waals surface area contributed by atoms with Crippen LogP contribution in [0.25, 0.3) is 11.2 Å². The van der Waals surface area contributed by atoms with Crippen molar-refractivity contribution in [3.05, 3.63) is 12.7 Å². The number of imidazole rings is 1. The van der Waals surface area contributed by atoms with Crippen molar-refractivity contribution in [2.75, 3.05) is 37.8 Å². The van der Waals surface area contributed by atoms with Crippen LogP contribution in [0.3, 0.4) is 0 Å². The number of thioether (sulfide) groups is 1. The first kappa shape index (κ1) is 55.8. The van der Waals surface area contributed by atoms with Crippen LogP contribution in [-0.4, -0.2) is 114 Å². The van der Waals surface area contributed by atoms with Crippen molar-refractivity contribution in [2.24, 2.45) is 5.41 Å². The Balaban J connectivity index is 1.36. The van der Waals surface area contributed by atoms with Gasteiger partial charge in [0, 0.05) is 37.1 Å². The molecule has 0 bridgehead atoms. The Bertz CT molecular complexity index is 1960. The van der Waals surface area contributed by atoms with Crippen LogP contribution in [0.4, 0.5) is 5.82 Å². The molecule has 0 radical (unpaired) electrons. The predicted octanol–water partition coefficient (Wildman–Crippen LogP) is -0.191. The first-order chi connectivity index (χ1) is 29.9. The zero-order valence-corrected chi connectivity index (χ0v) is 39.2. The van der Waals surface area contributed by atoms with Crippen LogP contribution in [0.5, 0.6) is 0 Å². The number of amides is 2. The molecule has 2 unspecified atom stereocenters. The van der Waals surface area contributed by atoms with Gasteiger partial charge in [0.25, 0.3) is 15.6 Å². The maximum Gasteiger partial charge on any atom is 0.274 e. The van der Waals surface area contributed by atoms with Gasteiger partial charge in [0.15, 0.2) is 22.8 Å². The van der Waals surface area contributed by atoms with Crippen LogP contribution in [0.1, 0.15) is 104 Å². The van der Waals surface area contributed by atoms with Gasteiger partial charge in [-0.05, 0) is 6.42 Å². The van der Waals surface area contributed by atoms with Crippen LogP contribution in [0.2, 0.25) is 0 Å². The molecular formula is C35H58N7O18P3S-4. The molecule has 2 aromatic rings. The van der Waals surface area contributed by atoms with Crippen LogP contribution in [0, 0.1) is 5.41 Å². The number of fused-ring (bicyclic) bond motifs is 1. The molecule has 0 saturated carbocycles. The Morgan fingerprint density at radius 3 is 2.25 bits per heavy atom. The lowest BCUT2D eigenvalue weighted by Gasteiger charge is -2.36. The van der Waals surface area contributed by atoms with Gasteiger partial charge in [0.1, 0.15) is 36.3 Å². The molecule has 8 atom stereocenters. The van der Waals surface area contributed by atoms with Crippen molar-refractivity contribution in [1.82, 2.24) is 30.2 Å². The first-order valence-corrected chi connectivity index (χ1v) is 26.0. The fourth-order valence-electron chi connectivity index (χ4n) is 6.32. The van der Waals surface area contributed by atoms with Crippen molar-refractivity contribution in [3.63, 3.8) is 0 Å². The summed E-state index contributed by atoms with van der Waals surface area (Å²) in [5.74, 6) is -1.33. The number of ether oxygens (including phenoxy) is 1. The van der Waals surface area contributed by atoms with E-state index in [4.69, 9.17) is 10.5 Å². The molecule has 0 spiro atoms. The molecule has 2 aromatic heterocycles. The number of nitrogens with zero attached hydrogens (tertiary/aromatic N) is 4. The second-order valence-corrected chi connectivity index (χ2v) is 20.9. The molecule has 25 nitrogen and oxygen atoms in total. The number of aliphatic hydroxyl groups is 3. The summed E-state index contributed by atoms with van der Waals surface area (Å²) in [6.45, 7) is 2.18. The number of nitrogens with two attached hydrogens (primary N) is 1. The maximum atomic E-state index is 12.6. The van der Waals surface area contributed by atoms with Crippen LogP contribution in [0.15, 0.2) is 12.7 Å². The third kappa shape index (κ3) is 19.4. The summed E-state index contributed by atoms with van der Waals surface area (Å²) in [7, 11) is -17.6. The van der Waals surface area contributed by atoms with Gasteiger partial charge in [-0.15, -0.1) is 0 Å². The summed E-state index contributed by atoms with van der Waals surface area (Å²) in [4.78, 5) is 96.7. The normalized spacial score (nSPS) is 21.0. The number of rotatable bonds is 31. The number of anilines is 1. The van der Waals surface area contributed by atoms with Gasteiger partial charge in [-0.25, -0.2) is 19.3 Å². The molecule has 3 rings (SSSR count). The molecule has 7 N–H and O–H groups in total. The standard InChI is InChI=1S/C35H62N7O18P3S/c1-4-5-6-7-8-9-10-11-12-13-23(43)18-26(45)64-17-16-37-25(44)14-15-38-33(48)30(47)35(2,3)20-57-63(54,55)60-62(52,53)56-19-24-29(59-61(49,50)51)28(46)34(58-24)42-22-41-27-31(36)39-21-40-32(27)42/h21-24,28-30,34,43,46-47H,4-20H2,1-3H3,(H,37,44)(H,38,48)(H,52,53)(H,54,55)(H2,36,39,40)(H2,49,50,51)/p-4/t23-,24+,28+,29+,30-,34+/m0/s1. The summed E-state index contributed by atoms with van der Waals surface area (Å²) in [6.07, 6.45) is 2.56. The number of unbranched alkanes of at least 4 members (excludes halogenated alkanes) is 8. The molecule has 29 heteroatoms. The fourth-order valence-corrected chi connectivity index (χ4v) is 9.79. The van der Waals surface area contributed by atoms with Gasteiger partial charge in [0.2, 0.25) is 11.8 Å². The van der Waals surface area contributed by atoms with Gasteiger partial charge < -0.3 is 74.1 Å². The third-order valence-corrected chi connectivity index (χ3v) is 13.7. The lowest BCUT2D eigenvalue weighted by Crippen LogP contribution is -2.46. The number of nitrogen functional groups attached to an aromatic ring is 1. The number of phosphoric acid groups is 3. The predicted molar refractivity (Wildman–Crippen MR) is 221 cm³/mol. The van der Waals surface area contributed by atoms with Gasteiger partial charge >= 0.3 is 0 Å². The molecule has 0 aliphatic carbocycles. The van der Waals surface area contributed by atoms with Gasteiger partial charge in [0.05, 0.1) is 33.5 Å². The zero-order valence-electron chi connectivity index (χ0n) is 35.7. The molecule has 1 aliphatic rings. The lowest BCUT2D eigenvalue weighted by molar-refractivity contribution is -0.347. The molecule has 0 aromatic carbocycles. The van der Waals surface area contributed by atoms with E-state index in [-0.39, 0.29) is 53.8 Å². The number of hydrogen-bond acceptors (Lipinski definition) is 23. The summed E-state index contributed by atoms with van der Waals surface area (Å²) >= 11 is 0.984. The quantitative estimate of drug-likeness (QED) is 0.0421. The monoisotopic (exact) mass is 989 g/mol. The zero-order chi connectivity index (χ0) is 47.7. The minimum Gasteiger partial charge on any atom is -0.790 e. The number of nitrogens with one attached hydrogen (secondary N) is 2. The SMILES string of the molecule is CCCCCCCCCCC[C@H](O)CC(=O)SCCNC(=O)CCNC(=O)[C@H](O)C(C)(C)COP(=O)([O-])OP(=O)([O-])OC[C@H]1O[C@@H](n2cnc3c(N)ncnc32)[C@H](O)[C@@H]1OP(=O)([O-])[O-]. The summed E-state index contributed by atoms with van der Waals surface area (Å²) in [5.41, 5.74) is 4.06. The Hall–Kier alpha value is -2.48. The van der Waals surface area contributed by atoms with E-state index in [0.29, 0.717) is 6.42 Å². The van der Waals surface area contributed by atoms with Crippen molar-refractivity contribution in [2.45, 2.75) is 135 Å². The van der Waals surface area contributed by atoms with Crippen molar-refractivity contribution in [1.29, 1.82) is 0 Å². The first-order valence-electron chi connectivity index (χ1n) is 20.6. The molecule has 366 valence electrons. The Morgan fingerprint density at radius 1 is 0.953 bits per heavy atom. The average molecular weight is 990 g/mol. The summed E-state index contributed by atoms with van der Waals surface area (Å²) in [5, 5.41) is 36.3. The minimum absolute atomic E-state index is 0.0159. The van der Waals surface area contributed by atoms with E-state index in [1.807, 2.05) is 0 Å². The Morgan fingerprint density at radius 2 is 1.59 bits per heavy atom. The summed E-state index contributed by atoms with van der Waals surface area (Å²) in [6, 6.07) is 0. The number of carbonyl (C=O) groups is 3. The van der Waals surface area contributed by atoms with E-state index < -0.39 is 90.7 Å². The van der Waals surface area contributed by atoms with E-state index in [0.717, 1.165) is 48.2 Å². The molecule has 1 fully saturated rings. The van der Waals surface area contributed by atoms with E-state index in [2.05, 4.69) is 50.4 Å². The van der Waals surface area contributed by atoms with Crippen LogP contribution < -0.4 is 35.9 Å². The van der Waals surface area contributed by atoms with Gasteiger partial charge in [-0.2, -0.15) is 0 Å². The van der Waals surface area contributed by atoms with Crippen LogP contribution in [-0.2, 0) is 50.7 Å². The fraction of sp³-hybridized carbons (Fsp3) is 0.771. The molecule has 1 saturated heterocycles. The van der Waals surface area contributed by atoms with E-state index >= 15 is 0 Å². The minimum atomic E-state index is -5.93. The van der Waals surface area contributed by atoms with E-state index in [1.165, 1.54) is 52.4 Å². The number of phosphoric ester groups is 3. The molecular weight excluding hydrogens is 931 g/mol. The number of carbonyl (C=O) groups excluding carboxylic acids is 3. The van der Waals surface area contributed by atoms with E-state index in [1.54, 1.807) is 0 Å². The topological polar surface area (TPSA) is 395 Å². The van der Waals surface area contributed by atoms with E-state index in [9.17, 15) is 63.0 Å². The molecule has 1 aliphatic heterocycles. The second kappa shape index (κ2) is 26.2. The highest BCUT2D eigenvalue weighted by Crippen LogP contribution is 2.56. The highest BCUT2D eigenvalue weighted by molar-refractivity contribution is 8.13. The number of aromatic nitrogens is 4. The van der Waals surface area contributed by atoms with Gasteiger partial charge in [-0.3, -0.25) is 28.1 Å². The number of hydrogen-bond donors (Lipinski definition) is 6. The smallest absolute Gasteiger partial charge is 0.274 e. The van der Waals surface area contributed by atoms with Crippen LogP contribution >= 0.6 is 35.2 Å². The molecule has 3 heterocycles. The van der Waals surface area contributed by atoms with Crippen molar-refractivity contribution < 1.29 is 85.6 Å². The average Bonchev–Trinajstić information content (AvgIpc) is 3.76. The van der Waals surface area contributed by atoms with Crippen molar-refractivity contribution in [3.8, 4) is 0 Å². The second-order valence-electron chi connectivity index (χ2n) is 15.7. The largest absolute Gasteiger partial charge is 0.790 e. The Kier molecular flexibility index (Phi) is 22.8. The third-order valence-electron chi connectivity index (χ3n) is 9.78. The van der Waals surface area contributed by atoms with Gasteiger partial charge in [-0.1, -0.05) is 90.3 Å². The molecule has 2 amide bonds. The Labute approximate surface area is 374 Å². The van der Waals surface area contributed by atoms with Crippen molar-refractivity contribution >= 4 is 69.1 Å². The lowest BCUT2D eigenvalue weighted by atomic mass is 9.87. The highest BCUT2D eigenvalue weighted by atomic mass is 32.2. The molecule has 64 heavy (non-hydrogen) atoms.